The Balaban J connectivity index is 2.02. The molecule has 0 aliphatic carbocycles. The minimum atomic E-state index is -4.23. The number of nitrogens with zero attached hydrogens (tertiary/aromatic N) is 2. The SMILES string of the molecule is C[C@@H]1CCC(c2cc(CC(F)(F)F)no2)CN1C. The monoisotopic (exact) mass is 262 g/mol. The van der Waals surface area contributed by atoms with Crippen molar-refractivity contribution in [3.8, 4) is 0 Å². The van der Waals surface area contributed by atoms with Gasteiger partial charge in [-0.15, -0.1) is 0 Å². The maximum absolute atomic E-state index is 12.2. The van der Waals surface area contributed by atoms with Gasteiger partial charge in [-0.25, -0.2) is 0 Å². The summed E-state index contributed by atoms with van der Waals surface area (Å²) >= 11 is 0. The molecule has 0 amide bonds. The van der Waals surface area contributed by atoms with Crippen molar-refractivity contribution in [2.24, 2.45) is 0 Å². The van der Waals surface area contributed by atoms with E-state index in [0.717, 1.165) is 19.4 Å². The molecule has 0 N–H and O–H groups in total. The van der Waals surface area contributed by atoms with Crippen LogP contribution in [0.3, 0.4) is 0 Å². The molecule has 1 aromatic rings. The molecule has 2 atom stereocenters. The molecule has 0 spiro atoms. The molecule has 0 radical (unpaired) electrons. The van der Waals surface area contributed by atoms with Crippen LogP contribution in [0, 0.1) is 0 Å². The van der Waals surface area contributed by atoms with Crippen LogP contribution in [-0.2, 0) is 6.42 Å². The van der Waals surface area contributed by atoms with Gasteiger partial charge in [0.1, 0.15) is 5.76 Å². The van der Waals surface area contributed by atoms with Gasteiger partial charge in [-0.3, -0.25) is 0 Å². The molecular weight excluding hydrogens is 245 g/mol. The van der Waals surface area contributed by atoms with Gasteiger partial charge >= 0.3 is 6.18 Å². The summed E-state index contributed by atoms with van der Waals surface area (Å²) in [4.78, 5) is 2.19. The normalized spacial score (nSPS) is 26.5. The van der Waals surface area contributed by atoms with Crippen LogP contribution < -0.4 is 0 Å². The predicted octanol–water partition coefficient (Wildman–Crippen LogP) is 2.98. The minimum absolute atomic E-state index is 0.0289. The second kappa shape index (κ2) is 4.91. The van der Waals surface area contributed by atoms with E-state index in [-0.39, 0.29) is 11.6 Å². The number of piperidine rings is 1. The fourth-order valence-corrected chi connectivity index (χ4v) is 2.32. The zero-order chi connectivity index (χ0) is 13.3. The molecule has 6 heteroatoms. The Morgan fingerprint density at radius 2 is 2.17 bits per heavy atom. The van der Waals surface area contributed by atoms with E-state index < -0.39 is 12.6 Å². The van der Waals surface area contributed by atoms with Crippen molar-refractivity contribution < 1.29 is 17.7 Å². The van der Waals surface area contributed by atoms with E-state index >= 15 is 0 Å². The van der Waals surface area contributed by atoms with Crippen molar-refractivity contribution in [2.75, 3.05) is 13.6 Å². The third-order valence-electron chi connectivity index (χ3n) is 3.55. The summed E-state index contributed by atoms with van der Waals surface area (Å²) in [5.74, 6) is 0.730. The molecule has 1 fully saturated rings. The van der Waals surface area contributed by atoms with E-state index in [9.17, 15) is 13.2 Å². The van der Waals surface area contributed by atoms with E-state index in [2.05, 4.69) is 17.0 Å². The van der Waals surface area contributed by atoms with Crippen molar-refractivity contribution >= 4 is 0 Å². The van der Waals surface area contributed by atoms with Gasteiger partial charge in [-0.1, -0.05) is 5.16 Å². The molecule has 1 aromatic heterocycles. The number of aromatic nitrogens is 1. The summed E-state index contributed by atoms with van der Waals surface area (Å²) in [6.07, 6.45) is -3.29. The first-order valence-electron chi connectivity index (χ1n) is 6.07. The van der Waals surface area contributed by atoms with Gasteiger partial charge in [0.2, 0.25) is 0 Å². The van der Waals surface area contributed by atoms with Crippen LogP contribution in [0.1, 0.15) is 37.1 Å². The fraction of sp³-hybridized carbons (Fsp3) is 0.750. The Morgan fingerprint density at radius 3 is 2.78 bits per heavy atom. The van der Waals surface area contributed by atoms with Crippen molar-refractivity contribution in [3.63, 3.8) is 0 Å². The topological polar surface area (TPSA) is 29.3 Å². The lowest BCUT2D eigenvalue weighted by atomic mass is 9.92. The number of likely N-dealkylation sites (tertiary alicyclic amines) is 1. The molecule has 1 aliphatic heterocycles. The molecule has 3 nitrogen and oxygen atoms in total. The van der Waals surface area contributed by atoms with Gasteiger partial charge in [0, 0.05) is 24.6 Å². The number of alkyl halides is 3. The van der Waals surface area contributed by atoms with Crippen molar-refractivity contribution in [2.45, 2.75) is 44.3 Å². The molecule has 2 heterocycles. The summed E-state index contributed by atoms with van der Waals surface area (Å²) in [6, 6.07) is 1.96. The first kappa shape index (κ1) is 13.4. The molecule has 2 rings (SSSR count). The summed E-state index contributed by atoms with van der Waals surface area (Å²) in [7, 11) is 2.02. The Hall–Kier alpha value is -1.04. The highest BCUT2D eigenvalue weighted by atomic mass is 19.4. The molecule has 0 bridgehead atoms. The lowest BCUT2D eigenvalue weighted by Gasteiger charge is -2.33. The van der Waals surface area contributed by atoms with Crippen LogP contribution in [-0.4, -0.2) is 35.9 Å². The Morgan fingerprint density at radius 1 is 1.44 bits per heavy atom. The Kier molecular flexibility index (Phi) is 3.66. The number of hydrogen-bond acceptors (Lipinski definition) is 3. The maximum atomic E-state index is 12.2. The van der Waals surface area contributed by atoms with E-state index in [4.69, 9.17) is 4.52 Å². The van der Waals surface area contributed by atoms with Crippen LogP contribution in [0.2, 0.25) is 0 Å². The molecule has 1 aliphatic rings. The van der Waals surface area contributed by atoms with Crippen LogP contribution in [0.25, 0.3) is 0 Å². The van der Waals surface area contributed by atoms with Crippen molar-refractivity contribution in [1.82, 2.24) is 10.1 Å². The average molecular weight is 262 g/mol. The van der Waals surface area contributed by atoms with Gasteiger partial charge in [-0.05, 0) is 26.8 Å². The van der Waals surface area contributed by atoms with E-state index in [0.29, 0.717) is 11.8 Å². The third kappa shape index (κ3) is 3.25. The average Bonchev–Trinajstić information content (AvgIpc) is 2.68. The highest BCUT2D eigenvalue weighted by molar-refractivity contribution is 5.12. The standard InChI is InChI=1S/C12H17F3N2O/c1-8-3-4-9(7-17(8)2)11-5-10(16-18-11)6-12(13,14)15/h5,8-9H,3-4,6-7H2,1-2H3/t8-,9?/m1/s1. The molecular formula is C12H17F3N2O. The van der Waals surface area contributed by atoms with Gasteiger partial charge in [0.25, 0.3) is 0 Å². The number of halogens is 3. The van der Waals surface area contributed by atoms with Gasteiger partial charge in [0.05, 0.1) is 12.1 Å². The number of likely N-dealkylation sites (N-methyl/N-ethyl adjacent to an activating group) is 1. The zero-order valence-corrected chi connectivity index (χ0v) is 10.5. The van der Waals surface area contributed by atoms with Gasteiger partial charge in [0.15, 0.2) is 0 Å². The molecule has 0 aromatic carbocycles. The zero-order valence-electron chi connectivity index (χ0n) is 10.5. The van der Waals surface area contributed by atoms with Crippen molar-refractivity contribution in [3.05, 3.63) is 17.5 Å². The lowest BCUT2D eigenvalue weighted by Crippen LogP contribution is -2.37. The molecule has 1 unspecified atom stereocenters. The molecule has 102 valence electrons. The second-order valence-corrected chi connectivity index (χ2v) is 5.08. The van der Waals surface area contributed by atoms with Crippen LogP contribution in [0.15, 0.2) is 10.6 Å². The van der Waals surface area contributed by atoms with Gasteiger partial charge in [-0.2, -0.15) is 13.2 Å². The highest BCUT2D eigenvalue weighted by Gasteiger charge is 2.31. The first-order chi connectivity index (χ1) is 8.35. The van der Waals surface area contributed by atoms with Crippen LogP contribution >= 0.6 is 0 Å². The fourth-order valence-electron chi connectivity index (χ4n) is 2.32. The summed E-state index contributed by atoms with van der Waals surface area (Å²) in [5.41, 5.74) is -0.0289. The molecule has 18 heavy (non-hydrogen) atoms. The lowest BCUT2D eigenvalue weighted by molar-refractivity contribution is -0.128. The molecule has 0 saturated carbocycles. The Labute approximate surface area is 104 Å². The van der Waals surface area contributed by atoms with Crippen LogP contribution in [0.4, 0.5) is 13.2 Å². The van der Waals surface area contributed by atoms with Gasteiger partial charge < -0.3 is 9.42 Å². The van der Waals surface area contributed by atoms with E-state index in [1.54, 1.807) is 0 Å². The minimum Gasteiger partial charge on any atom is -0.361 e. The summed E-state index contributed by atoms with van der Waals surface area (Å²) < 4.78 is 41.7. The van der Waals surface area contributed by atoms with Crippen molar-refractivity contribution in [1.29, 1.82) is 0 Å². The second-order valence-electron chi connectivity index (χ2n) is 5.08. The van der Waals surface area contributed by atoms with E-state index in [1.165, 1.54) is 6.07 Å². The molecule has 1 saturated heterocycles. The largest absolute Gasteiger partial charge is 0.394 e. The smallest absolute Gasteiger partial charge is 0.361 e. The van der Waals surface area contributed by atoms with E-state index in [1.807, 2.05) is 7.05 Å². The number of hydrogen-bond donors (Lipinski definition) is 0. The Bertz CT molecular complexity index is 402. The van der Waals surface area contributed by atoms with Crippen LogP contribution in [0.5, 0.6) is 0 Å². The summed E-state index contributed by atoms with van der Waals surface area (Å²) in [6.45, 7) is 2.95. The number of rotatable bonds is 2. The quantitative estimate of drug-likeness (QED) is 0.820. The predicted molar refractivity (Wildman–Crippen MR) is 60.3 cm³/mol. The maximum Gasteiger partial charge on any atom is 0.394 e. The third-order valence-corrected chi connectivity index (χ3v) is 3.55. The highest BCUT2D eigenvalue weighted by Crippen LogP contribution is 2.30. The first-order valence-corrected chi connectivity index (χ1v) is 6.07. The summed E-state index contributed by atoms with van der Waals surface area (Å²) in [5, 5.41) is 3.51.